The maximum absolute atomic E-state index is 11.9. The highest BCUT2D eigenvalue weighted by Gasteiger charge is 2.35. The topological polar surface area (TPSA) is 114 Å². The second-order valence-electron chi connectivity index (χ2n) is 5.38. The average Bonchev–Trinajstić information content (AvgIpc) is 2.97. The predicted molar refractivity (Wildman–Crippen MR) is 89.7 cm³/mol. The van der Waals surface area contributed by atoms with Crippen molar-refractivity contribution in [2.45, 2.75) is 19.3 Å². The minimum absolute atomic E-state index is 0.0101. The highest BCUT2D eigenvalue weighted by atomic mass is 35.5. The Hall–Kier alpha value is -2.98. The Morgan fingerprint density at radius 3 is 2.84 bits per heavy atom. The van der Waals surface area contributed by atoms with Crippen LogP contribution in [0.3, 0.4) is 0 Å². The standard InChI is InChI=1S/C17H15ClN4O3/c1-2-24-13(23)7-12-15-14(9-3-5-10(18)6-4-9)11(8-19)16(20)25-17(15)22-21-12/h3-6,14H,2,7,20H2,1H3,(H,21,22). The van der Waals surface area contributed by atoms with Crippen LogP contribution in [0.25, 0.3) is 0 Å². The molecule has 128 valence electrons. The molecule has 0 aliphatic carbocycles. The van der Waals surface area contributed by atoms with Gasteiger partial charge in [0.15, 0.2) is 0 Å². The third kappa shape index (κ3) is 3.16. The maximum atomic E-state index is 11.9. The van der Waals surface area contributed by atoms with Crippen LogP contribution in [0.4, 0.5) is 0 Å². The molecule has 0 fully saturated rings. The lowest BCUT2D eigenvalue weighted by atomic mass is 9.83. The number of carbonyl (C=O) groups is 1. The number of halogens is 1. The number of nitrogens with two attached hydrogens (primary N) is 1. The van der Waals surface area contributed by atoms with Crippen LogP contribution in [0.1, 0.15) is 29.7 Å². The molecule has 7 nitrogen and oxygen atoms in total. The van der Waals surface area contributed by atoms with E-state index in [1.165, 1.54) is 0 Å². The van der Waals surface area contributed by atoms with Crippen molar-refractivity contribution in [1.29, 1.82) is 5.26 Å². The second-order valence-corrected chi connectivity index (χ2v) is 5.82. The number of benzene rings is 1. The van der Waals surface area contributed by atoms with Gasteiger partial charge in [0.2, 0.25) is 11.8 Å². The lowest BCUT2D eigenvalue weighted by Crippen LogP contribution is -2.22. The zero-order valence-electron chi connectivity index (χ0n) is 13.4. The molecule has 3 rings (SSSR count). The third-order valence-corrected chi connectivity index (χ3v) is 4.10. The van der Waals surface area contributed by atoms with E-state index in [-0.39, 0.29) is 30.4 Å². The van der Waals surface area contributed by atoms with Gasteiger partial charge in [-0.2, -0.15) is 5.26 Å². The first-order valence-corrected chi connectivity index (χ1v) is 7.98. The van der Waals surface area contributed by atoms with Crippen LogP contribution in [-0.4, -0.2) is 22.8 Å². The molecule has 0 saturated heterocycles. The number of aromatic amines is 1. The molecule has 0 radical (unpaired) electrons. The summed E-state index contributed by atoms with van der Waals surface area (Å²) in [7, 11) is 0. The zero-order valence-corrected chi connectivity index (χ0v) is 14.1. The van der Waals surface area contributed by atoms with Crippen molar-refractivity contribution < 1.29 is 14.3 Å². The Morgan fingerprint density at radius 1 is 1.48 bits per heavy atom. The van der Waals surface area contributed by atoms with Gasteiger partial charge >= 0.3 is 5.97 Å². The number of rotatable bonds is 4. The van der Waals surface area contributed by atoms with E-state index in [2.05, 4.69) is 16.3 Å². The molecule has 0 bridgehead atoms. The number of H-pyrrole nitrogens is 1. The quantitative estimate of drug-likeness (QED) is 0.811. The second kappa shape index (κ2) is 6.87. The van der Waals surface area contributed by atoms with Gasteiger partial charge in [0.05, 0.1) is 30.2 Å². The van der Waals surface area contributed by atoms with E-state index in [0.29, 0.717) is 16.3 Å². The lowest BCUT2D eigenvalue weighted by molar-refractivity contribution is -0.142. The Labute approximate surface area is 149 Å². The van der Waals surface area contributed by atoms with Crippen molar-refractivity contribution in [3.8, 4) is 11.9 Å². The Kier molecular flexibility index (Phi) is 4.63. The van der Waals surface area contributed by atoms with Crippen molar-refractivity contribution in [3.05, 3.63) is 57.6 Å². The first kappa shape index (κ1) is 16.9. The molecule has 1 atom stereocenters. The highest BCUT2D eigenvalue weighted by Crippen LogP contribution is 2.43. The summed E-state index contributed by atoms with van der Waals surface area (Å²) < 4.78 is 10.4. The van der Waals surface area contributed by atoms with Crippen LogP contribution in [0.2, 0.25) is 5.02 Å². The van der Waals surface area contributed by atoms with Gasteiger partial charge < -0.3 is 15.2 Å². The summed E-state index contributed by atoms with van der Waals surface area (Å²) in [6.07, 6.45) is -0.0117. The molecule has 1 aromatic heterocycles. The van der Waals surface area contributed by atoms with Crippen LogP contribution in [0.5, 0.6) is 5.88 Å². The van der Waals surface area contributed by atoms with Crippen LogP contribution >= 0.6 is 11.6 Å². The smallest absolute Gasteiger partial charge is 0.311 e. The van der Waals surface area contributed by atoms with E-state index in [1.807, 2.05) is 0 Å². The van der Waals surface area contributed by atoms with Crippen molar-refractivity contribution in [2.75, 3.05) is 6.61 Å². The summed E-state index contributed by atoms with van der Waals surface area (Å²) in [5.41, 5.74) is 8.05. The molecule has 8 heteroatoms. The van der Waals surface area contributed by atoms with Crippen LogP contribution in [0, 0.1) is 11.3 Å². The van der Waals surface area contributed by atoms with E-state index in [1.54, 1.807) is 31.2 Å². The number of aromatic nitrogens is 2. The van der Waals surface area contributed by atoms with E-state index in [4.69, 9.17) is 26.8 Å². The van der Waals surface area contributed by atoms with Gasteiger partial charge in [0.1, 0.15) is 11.6 Å². The number of nitriles is 1. The van der Waals surface area contributed by atoms with E-state index in [0.717, 1.165) is 5.56 Å². The van der Waals surface area contributed by atoms with E-state index < -0.39 is 11.9 Å². The van der Waals surface area contributed by atoms with Gasteiger partial charge in [-0.15, -0.1) is 5.10 Å². The van der Waals surface area contributed by atoms with Gasteiger partial charge in [-0.25, -0.2) is 0 Å². The largest absolute Gasteiger partial charge is 0.466 e. The molecule has 0 saturated carbocycles. The number of hydrogen-bond donors (Lipinski definition) is 2. The number of esters is 1. The van der Waals surface area contributed by atoms with Crippen LogP contribution in [-0.2, 0) is 16.0 Å². The maximum Gasteiger partial charge on any atom is 0.311 e. The summed E-state index contributed by atoms with van der Waals surface area (Å²) >= 11 is 5.96. The van der Waals surface area contributed by atoms with Crippen LogP contribution < -0.4 is 10.5 Å². The fourth-order valence-corrected chi connectivity index (χ4v) is 2.91. The molecular formula is C17H15ClN4O3. The fraction of sp³-hybridized carbons (Fsp3) is 0.235. The molecular weight excluding hydrogens is 344 g/mol. The van der Waals surface area contributed by atoms with Crippen molar-refractivity contribution in [3.63, 3.8) is 0 Å². The number of allylic oxidation sites excluding steroid dienone is 1. The van der Waals surface area contributed by atoms with Crippen molar-refractivity contribution >= 4 is 17.6 Å². The highest BCUT2D eigenvalue weighted by molar-refractivity contribution is 6.30. The fourth-order valence-electron chi connectivity index (χ4n) is 2.79. The molecule has 1 aliphatic heterocycles. The summed E-state index contributed by atoms with van der Waals surface area (Å²) in [6, 6.07) is 9.14. The number of hydrogen-bond acceptors (Lipinski definition) is 6. The van der Waals surface area contributed by atoms with E-state index in [9.17, 15) is 10.1 Å². The number of ether oxygens (including phenoxy) is 2. The zero-order chi connectivity index (χ0) is 18.0. The SMILES string of the molecule is CCOC(=O)Cc1[nH]nc2c1C(c1ccc(Cl)cc1)C(C#N)=C(N)O2. The molecule has 3 N–H and O–H groups in total. The first-order chi connectivity index (χ1) is 12.0. The minimum atomic E-state index is -0.505. The Morgan fingerprint density at radius 2 is 2.20 bits per heavy atom. The normalized spacial score (nSPS) is 16.0. The molecule has 1 aromatic carbocycles. The summed E-state index contributed by atoms with van der Waals surface area (Å²) in [6.45, 7) is 2.01. The van der Waals surface area contributed by atoms with Gasteiger partial charge in [0.25, 0.3) is 0 Å². The van der Waals surface area contributed by atoms with Crippen LogP contribution in [0.15, 0.2) is 35.7 Å². The molecule has 0 amide bonds. The average molecular weight is 359 g/mol. The molecule has 2 heterocycles. The number of nitrogens with zero attached hydrogens (tertiary/aromatic N) is 2. The van der Waals surface area contributed by atoms with Gasteiger partial charge in [-0.3, -0.25) is 9.89 Å². The molecule has 1 aliphatic rings. The number of carbonyl (C=O) groups excluding carboxylic acids is 1. The molecule has 1 unspecified atom stereocenters. The summed E-state index contributed by atoms with van der Waals surface area (Å²) in [5, 5.41) is 17.0. The predicted octanol–water partition coefficient (Wildman–Crippen LogP) is 2.39. The van der Waals surface area contributed by atoms with Gasteiger partial charge in [-0.05, 0) is 24.6 Å². The molecule has 0 spiro atoms. The van der Waals surface area contributed by atoms with Crippen molar-refractivity contribution in [1.82, 2.24) is 10.2 Å². The summed E-state index contributed by atoms with van der Waals surface area (Å²) in [5.74, 6) is -0.668. The van der Waals surface area contributed by atoms with E-state index >= 15 is 0 Å². The lowest BCUT2D eigenvalue weighted by Gasteiger charge is -2.24. The number of fused-ring (bicyclic) bond motifs is 1. The summed E-state index contributed by atoms with van der Waals surface area (Å²) in [4.78, 5) is 11.9. The third-order valence-electron chi connectivity index (χ3n) is 3.85. The van der Waals surface area contributed by atoms with Gasteiger partial charge in [-0.1, -0.05) is 23.7 Å². The molecule has 25 heavy (non-hydrogen) atoms. The monoisotopic (exact) mass is 358 g/mol. The Balaban J connectivity index is 2.10. The first-order valence-electron chi connectivity index (χ1n) is 7.61. The molecule has 2 aromatic rings. The van der Waals surface area contributed by atoms with Gasteiger partial charge in [0, 0.05) is 5.02 Å². The minimum Gasteiger partial charge on any atom is -0.466 e. The number of nitrogens with one attached hydrogen (secondary N) is 1. The Bertz CT molecular complexity index is 880. The van der Waals surface area contributed by atoms with Crippen molar-refractivity contribution in [2.24, 2.45) is 5.73 Å².